The average molecular weight is 261 g/mol. The maximum absolute atomic E-state index is 12.7. The molecule has 0 bridgehead atoms. The number of rotatable bonds is 3. The number of pyridine rings is 1. The van der Waals surface area contributed by atoms with Gasteiger partial charge in [0.05, 0.1) is 19.0 Å². The average Bonchev–Trinajstić information content (AvgIpc) is 2.39. The molecule has 0 aliphatic carbocycles. The first kappa shape index (κ1) is 12.8. The lowest BCUT2D eigenvalue weighted by atomic mass is 10.2. The third kappa shape index (κ3) is 2.98. The SMILES string of the molecule is COc1ccc(NC(=O)c2ccc(F)cn2)cc1N. The van der Waals surface area contributed by atoms with Crippen molar-refractivity contribution in [3.63, 3.8) is 0 Å². The third-order valence-corrected chi connectivity index (χ3v) is 2.45. The number of anilines is 2. The third-order valence-electron chi connectivity index (χ3n) is 2.45. The Morgan fingerprint density at radius 1 is 1.37 bits per heavy atom. The summed E-state index contributed by atoms with van der Waals surface area (Å²) in [7, 11) is 1.51. The fourth-order valence-electron chi connectivity index (χ4n) is 1.52. The zero-order valence-electron chi connectivity index (χ0n) is 10.2. The van der Waals surface area contributed by atoms with E-state index in [1.54, 1.807) is 18.2 Å². The number of nitrogens with one attached hydrogen (secondary N) is 1. The summed E-state index contributed by atoms with van der Waals surface area (Å²) in [6, 6.07) is 7.34. The van der Waals surface area contributed by atoms with Crippen LogP contribution in [0.15, 0.2) is 36.5 Å². The maximum atomic E-state index is 12.7. The first-order valence-electron chi connectivity index (χ1n) is 5.46. The van der Waals surface area contributed by atoms with Crippen molar-refractivity contribution >= 4 is 17.3 Å². The van der Waals surface area contributed by atoms with Gasteiger partial charge in [0.2, 0.25) is 0 Å². The number of aromatic nitrogens is 1. The number of nitrogens with two attached hydrogens (primary N) is 1. The van der Waals surface area contributed by atoms with Crippen molar-refractivity contribution in [1.29, 1.82) is 0 Å². The molecule has 0 saturated carbocycles. The van der Waals surface area contributed by atoms with Crippen molar-refractivity contribution in [1.82, 2.24) is 4.98 Å². The van der Waals surface area contributed by atoms with Gasteiger partial charge in [-0.1, -0.05) is 0 Å². The van der Waals surface area contributed by atoms with E-state index in [-0.39, 0.29) is 5.69 Å². The number of halogens is 1. The van der Waals surface area contributed by atoms with E-state index >= 15 is 0 Å². The van der Waals surface area contributed by atoms with Gasteiger partial charge in [0.1, 0.15) is 17.3 Å². The molecule has 0 radical (unpaired) electrons. The lowest BCUT2D eigenvalue weighted by Gasteiger charge is -2.08. The molecule has 2 aromatic rings. The summed E-state index contributed by atoms with van der Waals surface area (Å²) >= 11 is 0. The van der Waals surface area contributed by atoms with Crippen LogP contribution < -0.4 is 15.8 Å². The Kier molecular flexibility index (Phi) is 3.61. The number of ether oxygens (including phenoxy) is 1. The summed E-state index contributed by atoms with van der Waals surface area (Å²) in [4.78, 5) is 15.5. The minimum atomic E-state index is -0.495. The number of methoxy groups -OCH3 is 1. The van der Waals surface area contributed by atoms with Gasteiger partial charge in [-0.05, 0) is 30.3 Å². The molecule has 2 rings (SSSR count). The second kappa shape index (κ2) is 5.34. The standard InChI is InChI=1S/C13H12FN3O2/c1-19-12-5-3-9(6-10(12)15)17-13(18)11-4-2-8(14)7-16-11/h2-7H,15H2,1H3,(H,17,18). The summed E-state index contributed by atoms with van der Waals surface area (Å²) in [5.41, 5.74) is 6.76. The molecule has 1 aromatic heterocycles. The van der Waals surface area contributed by atoms with Gasteiger partial charge >= 0.3 is 0 Å². The molecule has 0 fully saturated rings. The molecule has 0 spiro atoms. The lowest BCUT2D eigenvalue weighted by molar-refractivity contribution is 0.102. The molecular weight excluding hydrogens is 249 g/mol. The van der Waals surface area contributed by atoms with Crippen molar-refractivity contribution in [2.45, 2.75) is 0 Å². The van der Waals surface area contributed by atoms with Gasteiger partial charge in [-0.2, -0.15) is 0 Å². The summed E-state index contributed by atoms with van der Waals surface area (Å²) in [5.74, 6) is -0.410. The highest BCUT2D eigenvalue weighted by Crippen LogP contribution is 2.24. The summed E-state index contributed by atoms with van der Waals surface area (Å²) < 4.78 is 17.7. The number of hydrogen-bond donors (Lipinski definition) is 2. The molecule has 1 aromatic carbocycles. The molecule has 6 heteroatoms. The molecule has 0 aliphatic heterocycles. The molecule has 1 amide bonds. The number of carbonyl (C=O) groups is 1. The molecule has 19 heavy (non-hydrogen) atoms. The van der Waals surface area contributed by atoms with Gasteiger partial charge in [-0.25, -0.2) is 9.37 Å². The Balaban J connectivity index is 2.14. The predicted molar refractivity (Wildman–Crippen MR) is 69.6 cm³/mol. The van der Waals surface area contributed by atoms with Crippen molar-refractivity contribution in [2.75, 3.05) is 18.2 Å². The highest BCUT2D eigenvalue weighted by molar-refractivity contribution is 6.03. The van der Waals surface area contributed by atoms with Crippen molar-refractivity contribution in [3.8, 4) is 5.75 Å². The minimum absolute atomic E-state index is 0.121. The van der Waals surface area contributed by atoms with E-state index in [2.05, 4.69) is 10.3 Å². The van der Waals surface area contributed by atoms with Gasteiger partial charge in [-0.3, -0.25) is 4.79 Å². The zero-order valence-corrected chi connectivity index (χ0v) is 10.2. The first-order chi connectivity index (χ1) is 9.10. The normalized spacial score (nSPS) is 10.0. The molecule has 98 valence electrons. The van der Waals surface area contributed by atoms with Crippen LogP contribution in [-0.4, -0.2) is 18.0 Å². The fraction of sp³-hybridized carbons (Fsp3) is 0.0769. The highest BCUT2D eigenvalue weighted by atomic mass is 19.1. The molecule has 0 saturated heterocycles. The topological polar surface area (TPSA) is 77.2 Å². The Bertz CT molecular complexity index is 599. The van der Waals surface area contributed by atoms with Crippen LogP contribution in [0.3, 0.4) is 0 Å². The van der Waals surface area contributed by atoms with E-state index in [0.717, 1.165) is 6.20 Å². The molecule has 5 nitrogen and oxygen atoms in total. The first-order valence-corrected chi connectivity index (χ1v) is 5.46. The smallest absolute Gasteiger partial charge is 0.274 e. The molecule has 3 N–H and O–H groups in total. The van der Waals surface area contributed by atoms with Crippen LogP contribution >= 0.6 is 0 Å². The van der Waals surface area contributed by atoms with Gasteiger partial charge in [0.15, 0.2) is 0 Å². The molecular formula is C13H12FN3O2. The van der Waals surface area contributed by atoms with Crippen LogP contribution in [0.5, 0.6) is 5.75 Å². The van der Waals surface area contributed by atoms with E-state index in [1.807, 2.05) is 0 Å². The number of hydrogen-bond acceptors (Lipinski definition) is 4. The van der Waals surface area contributed by atoms with E-state index in [0.29, 0.717) is 17.1 Å². The Hall–Kier alpha value is -2.63. The zero-order chi connectivity index (χ0) is 13.8. The highest BCUT2D eigenvalue weighted by Gasteiger charge is 2.09. The molecule has 0 atom stereocenters. The van der Waals surface area contributed by atoms with E-state index in [9.17, 15) is 9.18 Å². The number of nitrogen functional groups attached to an aromatic ring is 1. The second-order valence-electron chi connectivity index (χ2n) is 3.77. The van der Waals surface area contributed by atoms with Crippen LogP contribution in [0.25, 0.3) is 0 Å². The van der Waals surface area contributed by atoms with Crippen molar-refractivity contribution < 1.29 is 13.9 Å². The van der Waals surface area contributed by atoms with Crippen LogP contribution in [0.2, 0.25) is 0 Å². The quantitative estimate of drug-likeness (QED) is 0.829. The summed E-state index contributed by atoms with van der Waals surface area (Å²) in [6.07, 6.45) is 0.983. The maximum Gasteiger partial charge on any atom is 0.274 e. The van der Waals surface area contributed by atoms with Gasteiger partial charge < -0.3 is 15.8 Å². The van der Waals surface area contributed by atoms with Crippen LogP contribution in [-0.2, 0) is 0 Å². The van der Waals surface area contributed by atoms with Gasteiger partial charge in [0.25, 0.3) is 5.91 Å². The minimum Gasteiger partial charge on any atom is -0.495 e. The van der Waals surface area contributed by atoms with Crippen LogP contribution in [0.4, 0.5) is 15.8 Å². The Morgan fingerprint density at radius 2 is 2.16 bits per heavy atom. The van der Waals surface area contributed by atoms with Gasteiger partial charge in [-0.15, -0.1) is 0 Å². The summed E-state index contributed by atoms with van der Waals surface area (Å²) in [5, 5.41) is 2.61. The van der Waals surface area contributed by atoms with E-state index in [4.69, 9.17) is 10.5 Å². The number of benzene rings is 1. The molecule has 1 heterocycles. The predicted octanol–water partition coefficient (Wildman–Crippen LogP) is 2.06. The fourth-order valence-corrected chi connectivity index (χ4v) is 1.52. The van der Waals surface area contributed by atoms with Crippen LogP contribution in [0, 0.1) is 5.82 Å². The monoisotopic (exact) mass is 261 g/mol. The molecule has 0 aliphatic rings. The van der Waals surface area contributed by atoms with E-state index in [1.165, 1.54) is 19.2 Å². The van der Waals surface area contributed by atoms with Crippen LogP contribution in [0.1, 0.15) is 10.5 Å². The number of amides is 1. The lowest BCUT2D eigenvalue weighted by Crippen LogP contribution is -2.13. The second-order valence-corrected chi connectivity index (χ2v) is 3.77. The van der Waals surface area contributed by atoms with Crippen molar-refractivity contribution in [3.05, 3.63) is 48.0 Å². The summed E-state index contributed by atoms with van der Waals surface area (Å²) in [6.45, 7) is 0. The number of nitrogens with zero attached hydrogens (tertiary/aromatic N) is 1. The Morgan fingerprint density at radius 3 is 2.74 bits per heavy atom. The number of carbonyl (C=O) groups excluding carboxylic acids is 1. The largest absolute Gasteiger partial charge is 0.495 e. The van der Waals surface area contributed by atoms with Gasteiger partial charge in [0, 0.05) is 5.69 Å². The molecule has 0 unspecified atom stereocenters. The van der Waals surface area contributed by atoms with E-state index < -0.39 is 11.7 Å². The Labute approximate surface area is 109 Å². The van der Waals surface area contributed by atoms with Crippen molar-refractivity contribution in [2.24, 2.45) is 0 Å².